The van der Waals surface area contributed by atoms with Crippen molar-refractivity contribution in [1.29, 1.82) is 0 Å². The van der Waals surface area contributed by atoms with Gasteiger partial charge in [0.2, 0.25) is 0 Å². The Kier molecular flexibility index (Phi) is 5.05. The molecule has 1 unspecified atom stereocenters. The van der Waals surface area contributed by atoms with Crippen molar-refractivity contribution in [2.45, 2.75) is 26.5 Å². The van der Waals surface area contributed by atoms with Gasteiger partial charge in [-0.2, -0.15) is 0 Å². The predicted octanol–water partition coefficient (Wildman–Crippen LogP) is 6.33. The Hall–Kier alpha value is -2.85. The molecule has 0 saturated heterocycles. The smallest absolute Gasteiger partial charge is 0.153 e. The highest BCUT2D eigenvalue weighted by Crippen LogP contribution is 2.28. The van der Waals surface area contributed by atoms with Crippen LogP contribution in [0.1, 0.15) is 30.0 Å². The van der Waals surface area contributed by atoms with Crippen LogP contribution in [0, 0.1) is 12.7 Å². The topological polar surface area (TPSA) is 27.1 Å². The Labute approximate surface area is 168 Å². The van der Waals surface area contributed by atoms with E-state index in [4.69, 9.17) is 21.3 Å². The van der Waals surface area contributed by atoms with Crippen LogP contribution in [0.3, 0.4) is 0 Å². The van der Waals surface area contributed by atoms with Gasteiger partial charge in [-0.15, -0.1) is 0 Å². The van der Waals surface area contributed by atoms with Gasteiger partial charge in [-0.05, 0) is 67.4 Å². The number of aromatic nitrogens is 2. The molecule has 3 nitrogen and oxygen atoms in total. The fourth-order valence-electron chi connectivity index (χ4n) is 3.29. The SMILES string of the molecule is Cc1cc(OC(C)c2nc3ccccc3n2Cc2ccc(F)cc2)ccc1Cl. The van der Waals surface area contributed by atoms with E-state index in [1.54, 1.807) is 12.1 Å². The zero-order valence-electron chi connectivity index (χ0n) is 15.7. The molecule has 1 atom stereocenters. The zero-order chi connectivity index (χ0) is 19.7. The Morgan fingerprint density at radius 3 is 2.57 bits per heavy atom. The molecule has 4 aromatic rings. The molecular weight excluding hydrogens is 375 g/mol. The first-order chi connectivity index (χ1) is 13.5. The molecule has 0 aliphatic heterocycles. The molecule has 0 spiro atoms. The molecule has 0 N–H and O–H groups in total. The number of rotatable bonds is 5. The molecule has 3 aromatic carbocycles. The molecule has 1 aromatic heterocycles. The second-order valence-corrected chi connectivity index (χ2v) is 7.25. The average molecular weight is 395 g/mol. The van der Waals surface area contributed by atoms with Gasteiger partial charge in [-0.1, -0.05) is 35.9 Å². The molecular formula is C23H20ClFN2O. The van der Waals surface area contributed by atoms with Crippen LogP contribution in [0.15, 0.2) is 66.7 Å². The quantitative estimate of drug-likeness (QED) is 0.395. The maximum atomic E-state index is 13.3. The minimum Gasteiger partial charge on any atom is -0.483 e. The zero-order valence-corrected chi connectivity index (χ0v) is 16.4. The molecule has 28 heavy (non-hydrogen) atoms. The van der Waals surface area contributed by atoms with Crippen molar-refractivity contribution < 1.29 is 9.13 Å². The van der Waals surface area contributed by atoms with E-state index in [2.05, 4.69) is 4.57 Å². The lowest BCUT2D eigenvalue weighted by molar-refractivity contribution is 0.212. The van der Waals surface area contributed by atoms with E-state index in [-0.39, 0.29) is 11.9 Å². The first-order valence-corrected chi connectivity index (χ1v) is 9.51. The second-order valence-electron chi connectivity index (χ2n) is 6.84. The summed E-state index contributed by atoms with van der Waals surface area (Å²) in [6.07, 6.45) is -0.270. The van der Waals surface area contributed by atoms with E-state index in [9.17, 15) is 4.39 Å². The Balaban J connectivity index is 1.70. The number of imidazole rings is 1. The monoisotopic (exact) mass is 394 g/mol. The molecule has 0 fully saturated rings. The normalized spacial score (nSPS) is 12.3. The van der Waals surface area contributed by atoms with Gasteiger partial charge < -0.3 is 9.30 Å². The summed E-state index contributed by atoms with van der Waals surface area (Å²) in [5.41, 5.74) is 3.89. The van der Waals surface area contributed by atoms with Gasteiger partial charge in [0.1, 0.15) is 11.6 Å². The summed E-state index contributed by atoms with van der Waals surface area (Å²) in [6.45, 7) is 4.51. The van der Waals surface area contributed by atoms with E-state index in [0.717, 1.165) is 33.7 Å². The van der Waals surface area contributed by atoms with Gasteiger partial charge in [0.05, 0.1) is 11.0 Å². The highest BCUT2D eigenvalue weighted by molar-refractivity contribution is 6.31. The number of benzene rings is 3. The van der Waals surface area contributed by atoms with Crippen LogP contribution in [-0.4, -0.2) is 9.55 Å². The molecule has 142 valence electrons. The Bertz CT molecular complexity index is 1120. The molecule has 0 bridgehead atoms. The van der Waals surface area contributed by atoms with Gasteiger partial charge in [-0.3, -0.25) is 0 Å². The summed E-state index contributed by atoms with van der Waals surface area (Å²) in [5.74, 6) is 1.32. The molecule has 0 radical (unpaired) electrons. The fourth-order valence-corrected chi connectivity index (χ4v) is 3.41. The highest BCUT2D eigenvalue weighted by atomic mass is 35.5. The van der Waals surface area contributed by atoms with E-state index < -0.39 is 0 Å². The minimum atomic E-state index is -0.270. The number of halogens is 2. The maximum absolute atomic E-state index is 13.3. The molecule has 0 saturated carbocycles. The van der Waals surface area contributed by atoms with E-state index in [0.29, 0.717) is 11.6 Å². The van der Waals surface area contributed by atoms with Gasteiger partial charge in [0.25, 0.3) is 0 Å². The Morgan fingerprint density at radius 2 is 1.82 bits per heavy atom. The first-order valence-electron chi connectivity index (χ1n) is 9.13. The summed E-state index contributed by atoms with van der Waals surface area (Å²) >= 11 is 6.12. The summed E-state index contributed by atoms with van der Waals surface area (Å²) in [4.78, 5) is 4.80. The number of nitrogens with zero attached hydrogens (tertiary/aromatic N) is 2. The highest BCUT2D eigenvalue weighted by Gasteiger charge is 2.18. The van der Waals surface area contributed by atoms with Crippen LogP contribution in [0.5, 0.6) is 5.75 Å². The summed E-state index contributed by atoms with van der Waals surface area (Å²) < 4.78 is 21.6. The Morgan fingerprint density at radius 1 is 1.07 bits per heavy atom. The molecule has 5 heteroatoms. The van der Waals surface area contributed by atoms with Crippen molar-refractivity contribution >= 4 is 22.6 Å². The van der Waals surface area contributed by atoms with Crippen LogP contribution < -0.4 is 4.74 Å². The van der Waals surface area contributed by atoms with E-state index in [1.165, 1.54) is 12.1 Å². The van der Waals surface area contributed by atoms with Gasteiger partial charge in [-0.25, -0.2) is 9.37 Å². The lowest BCUT2D eigenvalue weighted by atomic mass is 10.2. The van der Waals surface area contributed by atoms with Gasteiger partial charge in [0, 0.05) is 11.6 Å². The van der Waals surface area contributed by atoms with Crippen LogP contribution in [-0.2, 0) is 6.54 Å². The summed E-state index contributed by atoms with van der Waals surface area (Å²) in [6, 6.07) is 20.1. The summed E-state index contributed by atoms with van der Waals surface area (Å²) in [7, 11) is 0. The lowest BCUT2D eigenvalue weighted by Crippen LogP contribution is -2.13. The second kappa shape index (κ2) is 7.64. The van der Waals surface area contributed by atoms with E-state index in [1.807, 2.05) is 56.3 Å². The average Bonchev–Trinajstić information content (AvgIpc) is 3.05. The molecule has 1 heterocycles. The van der Waals surface area contributed by atoms with Crippen molar-refractivity contribution in [2.75, 3.05) is 0 Å². The number of fused-ring (bicyclic) bond motifs is 1. The molecule has 0 aliphatic rings. The van der Waals surface area contributed by atoms with Crippen LogP contribution in [0.2, 0.25) is 5.02 Å². The van der Waals surface area contributed by atoms with Gasteiger partial charge >= 0.3 is 0 Å². The summed E-state index contributed by atoms with van der Waals surface area (Å²) in [5, 5.41) is 0.712. The molecule has 0 aliphatic carbocycles. The number of para-hydroxylation sites is 2. The van der Waals surface area contributed by atoms with E-state index >= 15 is 0 Å². The third-order valence-corrected chi connectivity index (χ3v) is 5.17. The number of hydrogen-bond acceptors (Lipinski definition) is 2. The number of ether oxygens (including phenoxy) is 1. The van der Waals surface area contributed by atoms with Crippen LogP contribution in [0.25, 0.3) is 11.0 Å². The van der Waals surface area contributed by atoms with Crippen molar-refractivity contribution in [1.82, 2.24) is 9.55 Å². The van der Waals surface area contributed by atoms with Crippen molar-refractivity contribution in [2.24, 2.45) is 0 Å². The lowest BCUT2D eigenvalue weighted by Gasteiger charge is -2.17. The predicted molar refractivity (Wildman–Crippen MR) is 110 cm³/mol. The van der Waals surface area contributed by atoms with Crippen molar-refractivity contribution in [3.05, 3.63) is 94.5 Å². The number of aryl methyl sites for hydroxylation is 1. The largest absolute Gasteiger partial charge is 0.483 e. The standard InChI is InChI=1S/C23H20ClFN2O/c1-15-13-19(11-12-20(15)24)28-16(2)23-26-21-5-3-4-6-22(21)27(23)14-17-7-9-18(25)10-8-17/h3-13,16H,14H2,1-2H3. The minimum absolute atomic E-state index is 0.241. The van der Waals surface area contributed by atoms with Crippen LogP contribution in [0.4, 0.5) is 4.39 Å². The molecule has 0 amide bonds. The third-order valence-electron chi connectivity index (χ3n) is 4.74. The van der Waals surface area contributed by atoms with Gasteiger partial charge in [0.15, 0.2) is 11.9 Å². The molecule has 4 rings (SSSR count). The van der Waals surface area contributed by atoms with Crippen molar-refractivity contribution in [3.8, 4) is 5.75 Å². The third kappa shape index (κ3) is 3.73. The van der Waals surface area contributed by atoms with Crippen molar-refractivity contribution in [3.63, 3.8) is 0 Å². The first kappa shape index (κ1) is 18.5. The van der Waals surface area contributed by atoms with Crippen LogP contribution >= 0.6 is 11.6 Å². The number of hydrogen-bond donors (Lipinski definition) is 0. The fraction of sp³-hybridized carbons (Fsp3) is 0.174. The maximum Gasteiger partial charge on any atom is 0.153 e.